The average molecular weight is 355 g/mol. The van der Waals surface area contributed by atoms with Crippen LogP contribution in [-0.4, -0.2) is 4.98 Å². The van der Waals surface area contributed by atoms with Crippen LogP contribution in [0.5, 0.6) is 0 Å². The Morgan fingerprint density at radius 3 is 2.65 bits per heavy atom. The van der Waals surface area contributed by atoms with Crippen LogP contribution in [0, 0.1) is 11.6 Å². The first-order valence-electron chi connectivity index (χ1n) is 5.86. The maximum atomic E-state index is 13.6. The summed E-state index contributed by atoms with van der Waals surface area (Å²) in [7, 11) is 0. The second-order valence-corrected chi connectivity index (χ2v) is 6.20. The van der Waals surface area contributed by atoms with Gasteiger partial charge in [0.15, 0.2) is 0 Å². The molecular formula is C14H9BrF2N2S. The molecule has 102 valence electrons. The predicted octanol–water partition coefficient (Wildman–Crippen LogP) is 4.95. The summed E-state index contributed by atoms with van der Waals surface area (Å²) in [5.74, 6) is -1.17. The van der Waals surface area contributed by atoms with E-state index in [1.54, 1.807) is 0 Å². The lowest BCUT2D eigenvalue weighted by Gasteiger charge is -2.03. The molecule has 1 aromatic heterocycles. The number of nitrogens with zero attached hydrogens (tertiary/aromatic N) is 1. The molecular weight excluding hydrogens is 346 g/mol. The summed E-state index contributed by atoms with van der Waals surface area (Å²) in [5, 5.41) is 3.91. The summed E-state index contributed by atoms with van der Waals surface area (Å²) < 4.78 is 28.1. The molecule has 0 aliphatic heterocycles. The summed E-state index contributed by atoms with van der Waals surface area (Å²) in [4.78, 5) is 4.23. The van der Waals surface area contributed by atoms with E-state index in [9.17, 15) is 8.78 Å². The van der Waals surface area contributed by atoms with E-state index in [4.69, 9.17) is 0 Å². The quantitative estimate of drug-likeness (QED) is 0.719. The van der Waals surface area contributed by atoms with Gasteiger partial charge in [0.25, 0.3) is 0 Å². The van der Waals surface area contributed by atoms with E-state index < -0.39 is 11.6 Å². The molecule has 0 saturated carbocycles. The SMILES string of the molecule is Fc1cc(F)c2sc(CNc3ccc(Br)cc3)nc2c1. The summed E-state index contributed by atoms with van der Waals surface area (Å²) in [5.41, 5.74) is 1.30. The molecule has 0 saturated heterocycles. The van der Waals surface area contributed by atoms with Gasteiger partial charge in [-0.05, 0) is 24.3 Å². The van der Waals surface area contributed by atoms with Crippen molar-refractivity contribution in [2.45, 2.75) is 6.54 Å². The highest BCUT2D eigenvalue weighted by molar-refractivity contribution is 9.10. The number of halogens is 3. The Labute approximate surface area is 126 Å². The average Bonchev–Trinajstić information content (AvgIpc) is 2.81. The van der Waals surface area contributed by atoms with E-state index >= 15 is 0 Å². The fourth-order valence-electron chi connectivity index (χ4n) is 1.83. The lowest BCUT2D eigenvalue weighted by atomic mass is 10.3. The third kappa shape index (κ3) is 2.81. The van der Waals surface area contributed by atoms with Crippen LogP contribution >= 0.6 is 27.3 Å². The van der Waals surface area contributed by atoms with Crippen LogP contribution in [0.1, 0.15) is 5.01 Å². The van der Waals surface area contributed by atoms with Crippen molar-refractivity contribution in [3.05, 3.63) is 57.5 Å². The monoisotopic (exact) mass is 354 g/mol. The molecule has 0 spiro atoms. The first kappa shape index (κ1) is 13.5. The molecule has 1 N–H and O–H groups in total. The third-order valence-corrected chi connectivity index (χ3v) is 4.35. The fourth-order valence-corrected chi connectivity index (χ4v) is 2.98. The zero-order valence-corrected chi connectivity index (χ0v) is 12.6. The van der Waals surface area contributed by atoms with Crippen LogP contribution in [0.15, 0.2) is 40.9 Å². The smallest absolute Gasteiger partial charge is 0.145 e. The molecule has 0 aliphatic carbocycles. The second-order valence-electron chi connectivity index (χ2n) is 4.20. The Hall–Kier alpha value is -1.53. The van der Waals surface area contributed by atoms with Crippen LogP contribution in [0.2, 0.25) is 0 Å². The largest absolute Gasteiger partial charge is 0.379 e. The Balaban J connectivity index is 1.81. The minimum atomic E-state index is -0.604. The molecule has 6 heteroatoms. The Bertz CT molecular complexity index is 756. The van der Waals surface area contributed by atoms with E-state index in [0.717, 1.165) is 16.2 Å². The summed E-state index contributed by atoms with van der Waals surface area (Å²) >= 11 is 4.59. The molecule has 0 radical (unpaired) electrons. The van der Waals surface area contributed by atoms with Crippen molar-refractivity contribution in [2.75, 3.05) is 5.32 Å². The normalized spacial score (nSPS) is 10.9. The van der Waals surface area contributed by atoms with Gasteiger partial charge in [-0.1, -0.05) is 15.9 Å². The van der Waals surface area contributed by atoms with Crippen molar-refractivity contribution in [3.63, 3.8) is 0 Å². The summed E-state index contributed by atoms with van der Waals surface area (Å²) in [6.07, 6.45) is 0. The number of rotatable bonds is 3. The van der Waals surface area contributed by atoms with Gasteiger partial charge in [-0.3, -0.25) is 0 Å². The lowest BCUT2D eigenvalue weighted by Crippen LogP contribution is -1.98. The first-order chi connectivity index (χ1) is 9.61. The van der Waals surface area contributed by atoms with E-state index in [1.807, 2.05) is 24.3 Å². The van der Waals surface area contributed by atoms with Crippen molar-refractivity contribution in [3.8, 4) is 0 Å². The van der Waals surface area contributed by atoms with Crippen LogP contribution in [0.25, 0.3) is 10.2 Å². The van der Waals surface area contributed by atoms with Crippen LogP contribution in [0.3, 0.4) is 0 Å². The standard InChI is InChI=1S/C14H9BrF2N2S/c15-8-1-3-10(4-2-8)18-7-13-19-12-6-9(16)5-11(17)14(12)20-13/h1-6,18H,7H2. The number of anilines is 1. The van der Waals surface area contributed by atoms with Crippen molar-refractivity contribution < 1.29 is 8.78 Å². The van der Waals surface area contributed by atoms with Gasteiger partial charge in [0.1, 0.15) is 16.6 Å². The molecule has 2 nitrogen and oxygen atoms in total. The zero-order chi connectivity index (χ0) is 14.1. The zero-order valence-electron chi connectivity index (χ0n) is 10.2. The van der Waals surface area contributed by atoms with Crippen LogP contribution in [-0.2, 0) is 6.54 Å². The number of nitrogens with one attached hydrogen (secondary N) is 1. The minimum absolute atomic E-state index is 0.361. The molecule has 0 unspecified atom stereocenters. The van der Waals surface area contributed by atoms with Gasteiger partial charge in [-0.15, -0.1) is 11.3 Å². The van der Waals surface area contributed by atoms with Crippen LogP contribution < -0.4 is 5.32 Å². The van der Waals surface area contributed by atoms with Gasteiger partial charge in [0, 0.05) is 22.3 Å². The Morgan fingerprint density at radius 1 is 1.15 bits per heavy atom. The Kier molecular flexibility index (Phi) is 3.67. The topological polar surface area (TPSA) is 24.9 Å². The highest BCUT2D eigenvalue weighted by Crippen LogP contribution is 2.26. The number of benzene rings is 2. The number of fused-ring (bicyclic) bond motifs is 1. The highest BCUT2D eigenvalue weighted by atomic mass is 79.9. The predicted molar refractivity (Wildman–Crippen MR) is 81.0 cm³/mol. The first-order valence-corrected chi connectivity index (χ1v) is 7.47. The molecule has 0 bridgehead atoms. The molecule has 0 amide bonds. The van der Waals surface area contributed by atoms with E-state index in [0.29, 0.717) is 21.8 Å². The lowest BCUT2D eigenvalue weighted by molar-refractivity contribution is 0.593. The van der Waals surface area contributed by atoms with Gasteiger partial charge in [0.2, 0.25) is 0 Å². The molecule has 2 aromatic carbocycles. The van der Waals surface area contributed by atoms with Crippen LogP contribution in [0.4, 0.5) is 14.5 Å². The maximum Gasteiger partial charge on any atom is 0.145 e. The van der Waals surface area contributed by atoms with Crippen molar-refractivity contribution in [2.24, 2.45) is 0 Å². The van der Waals surface area contributed by atoms with E-state index in [-0.39, 0.29) is 0 Å². The van der Waals surface area contributed by atoms with E-state index in [1.165, 1.54) is 17.4 Å². The molecule has 0 aliphatic rings. The van der Waals surface area contributed by atoms with Crippen molar-refractivity contribution in [1.82, 2.24) is 4.98 Å². The van der Waals surface area contributed by atoms with Crippen molar-refractivity contribution >= 4 is 43.2 Å². The molecule has 1 heterocycles. The number of aromatic nitrogens is 1. The van der Waals surface area contributed by atoms with Gasteiger partial charge < -0.3 is 5.32 Å². The van der Waals surface area contributed by atoms with Gasteiger partial charge in [0.05, 0.1) is 16.8 Å². The third-order valence-electron chi connectivity index (χ3n) is 2.74. The van der Waals surface area contributed by atoms with E-state index in [2.05, 4.69) is 26.2 Å². The van der Waals surface area contributed by atoms with Gasteiger partial charge >= 0.3 is 0 Å². The molecule has 20 heavy (non-hydrogen) atoms. The number of thiazole rings is 1. The maximum absolute atomic E-state index is 13.6. The van der Waals surface area contributed by atoms with Crippen molar-refractivity contribution in [1.29, 1.82) is 0 Å². The fraction of sp³-hybridized carbons (Fsp3) is 0.0714. The summed E-state index contributed by atoms with van der Waals surface area (Å²) in [6.45, 7) is 0.474. The number of hydrogen-bond donors (Lipinski definition) is 1. The second kappa shape index (κ2) is 5.46. The molecule has 3 rings (SSSR count). The van der Waals surface area contributed by atoms with Gasteiger partial charge in [-0.25, -0.2) is 13.8 Å². The molecule has 0 atom stereocenters. The number of hydrogen-bond acceptors (Lipinski definition) is 3. The van der Waals surface area contributed by atoms with Gasteiger partial charge in [-0.2, -0.15) is 0 Å². The Morgan fingerprint density at radius 2 is 1.90 bits per heavy atom. The highest BCUT2D eigenvalue weighted by Gasteiger charge is 2.10. The minimum Gasteiger partial charge on any atom is -0.379 e. The summed E-state index contributed by atoms with van der Waals surface area (Å²) in [6, 6.07) is 9.84. The molecule has 0 fully saturated rings. The molecule has 3 aromatic rings.